The molecule has 8 nitrogen and oxygen atoms in total. The number of nitrogens with zero attached hydrogens (tertiary/aromatic N) is 4. The molecule has 2 aromatic carbocycles. The van der Waals surface area contributed by atoms with Crippen molar-refractivity contribution in [1.82, 2.24) is 14.8 Å². The standard InChI is InChI=1S/C23H29N5O3S2/c1-6-27-20(14-28(33(5,30)31)19-10-8-7-9-11-19)25-26-23(27)32-15-21(29)24-22-17(3)12-16(2)13-18(22)4/h7-13H,6,14-15H2,1-5H3,(H,24,29). The smallest absolute Gasteiger partial charge is 0.234 e. The Morgan fingerprint density at radius 3 is 2.30 bits per heavy atom. The molecule has 1 N–H and O–H groups in total. The molecule has 0 bridgehead atoms. The molecule has 0 aliphatic rings. The van der Waals surface area contributed by atoms with E-state index in [0.717, 1.165) is 22.4 Å². The summed E-state index contributed by atoms with van der Waals surface area (Å²) in [4.78, 5) is 12.6. The summed E-state index contributed by atoms with van der Waals surface area (Å²) in [7, 11) is -3.52. The van der Waals surface area contributed by atoms with Gasteiger partial charge in [0.25, 0.3) is 0 Å². The van der Waals surface area contributed by atoms with Gasteiger partial charge in [-0.05, 0) is 51.0 Å². The first kappa shape index (κ1) is 24.8. The summed E-state index contributed by atoms with van der Waals surface area (Å²) in [5, 5.41) is 12.0. The van der Waals surface area contributed by atoms with Crippen LogP contribution in [0, 0.1) is 20.8 Å². The normalized spacial score (nSPS) is 11.4. The number of sulfonamides is 1. The second-order valence-electron chi connectivity index (χ2n) is 7.86. The summed E-state index contributed by atoms with van der Waals surface area (Å²) >= 11 is 1.27. The molecular formula is C23H29N5O3S2. The Morgan fingerprint density at radius 2 is 1.73 bits per heavy atom. The number of anilines is 2. The van der Waals surface area contributed by atoms with Crippen molar-refractivity contribution < 1.29 is 13.2 Å². The van der Waals surface area contributed by atoms with Gasteiger partial charge in [0.2, 0.25) is 15.9 Å². The van der Waals surface area contributed by atoms with Crippen LogP contribution >= 0.6 is 11.8 Å². The Labute approximate surface area is 199 Å². The number of rotatable bonds is 9. The van der Waals surface area contributed by atoms with Gasteiger partial charge < -0.3 is 9.88 Å². The van der Waals surface area contributed by atoms with Crippen molar-refractivity contribution in [2.24, 2.45) is 0 Å². The Morgan fingerprint density at radius 1 is 1.09 bits per heavy atom. The van der Waals surface area contributed by atoms with E-state index in [0.29, 0.717) is 23.2 Å². The fourth-order valence-electron chi connectivity index (χ4n) is 3.67. The summed E-state index contributed by atoms with van der Waals surface area (Å²) in [5.41, 5.74) is 4.58. The van der Waals surface area contributed by atoms with Crippen molar-refractivity contribution in [3.05, 3.63) is 65.0 Å². The first-order valence-electron chi connectivity index (χ1n) is 10.6. The molecule has 176 valence electrons. The van der Waals surface area contributed by atoms with E-state index in [1.807, 2.05) is 50.5 Å². The maximum atomic E-state index is 12.6. The van der Waals surface area contributed by atoms with E-state index < -0.39 is 10.0 Å². The maximum absolute atomic E-state index is 12.6. The van der Waals surface area contributed by atoms with Crippen LogP contribution in [0.1, 0.15) is 29.4 Å². The zero-order valence-electron chi connectivity index (χ0n) is 19.5. The molecule has 0 aliphatic carbocycles. The van der Waals surface area contributed by atoms with Gasteiger partial charge in [-0.2, -0.15) is 0 Å². The van der Waals surface area contributed by atoms with Crippen LogP contribution in [0.25, 0.3) is 0 Å². The van der Waals surface area contributed by atoms with Gasteiger partial charge in [0.05, 0.1) is 24.2 Å². The number of carbonyl (C=O) groups is 1. The monoisotopic (exact) mass is 487 g/mol. The fourth-order valence-corrected chi connectivity index (χ4v) is 5.34. The van der Waals surface area contributed by atoms with Crippen LogP contribution < -0.4 is 9.62 Å². The number of aryl methyl sites for hydroxylation is 3. The number of aromatic nitrogens is 3. The van der Waals surface area contributed by atoms with Crippen molar-refractivity contribution in [2.45, 2.75) is 45.9 Å². The molecule has 3 rings (SSSR count). The lowest BCUT2D eigenvalue weighted by molar-refractivity contribution is -0.113. The molecule has 1 heterocycles. The second kappa shape index (κ2) is 10.4. The minimum Gasteiger partial charge on any atom is -0.325 e. The van der Waals surface area contributed by atoms with E-state index >= 15 is 0 Å². The number of hydrogen-bond acceptors (Lipinski definition) is 6. The molecule has 0 saturated carbocycles. The molecule has 10 heteroatoms. The average molecular weight is 488 g/mol. The number of carbonyl (C=O) groups excluding carboxylic acids is 1. The van der Waals surface area contributed by atoms with Gasteiger partial charge >= 0.3 is 0 Å². The predicted molar refractivity (Wildman–Crippen MR) is 133 cm³/mol. The summed E-state index contributed by atoms with van der Waals surface area (Å²) < 4.78 is 28.0. The number of thioether (sulfide) groups is 1. The maximum Gasteiger partial charge on any atom is 0.234 e. The lowest BCUT2D eigenvalue weighted by Crippen LogP contribution is -2.30. The van der Waals surface area contributed by atoms with Crippen molar-refractivity contribution in [2.75, 3.05) is 21.6 Å². The van der Waals surface area contributed by atoms with E-state index in [2.05, 4.69) is 15.5 Å². The summed E-state index contributed by atoms with van der Waals surface area (Å²) in [5.74, 6) is 0.545. The van der Waals surface area contributed by atoms with Gasteiger partial charge in [-0.15, -0.1) is 10.2 Å². The van der Waals surface area contributed by atoms with Crippen LogP contribution in [0.4, 0.5) is 11.4 Å². The van der Waals surface area contributed by atoms with Gasteiger partial charge in [0.1, 0.15) is 0 Å². The molecule has 1 aromatic heterocycles. The number of amides is 1. The van der Waals surface area contributed by atoms with Gasteiger partial charge in [0, 0.05) is 12.2 Å². The Hall–Kier alpha value is -2.85. The van der Waals surface area contributed by atoms with E-state index in [-0.39, 0.29) is 18.2 Å². The summed E-state index contributed by atoms with van der Waals surface area (Å²) in [6.45, 7) is 8.52. The van der Waals surface area contributed by atoms with Gasteiger partial charge in [-0.3, -0.25) is 9.10 Å². The summed E-state index contributed by atoms with van der Waals surface area (Å²) in [6, 6.07) is 13.0. The van der Waals surface area contributed by atoms with E-state index in [1.54, 1.807) is 24.3 Å². The van der Waals surface area contributed by atoms with Crippen molar-refractivity contribution in [3.8, 4) is 0 Å². The molecule has 0 spiro atoms. The van der Waals surface area contributed by atoms with Gasteiger partial charge in [-0.25, -0.2) is 8.42 Å². The molecule has 0 atom stereocenters. The van der Waals surface area contributed by atoms with Crippen molar-refractivity contribution in [3.63, 3.8) is 0 Å². The van der Waals surface area contributed by atoms with Gasteiger partial charge in [-0.1, -0.05) is 47.7 Å². The number of nitrogens with one attached hydrogen (secondary N) is 1. The number of para-hydroxylation sites is 1. The highest BCUT2D eigenvalue weighted by atomic mass is 32.2. The Bertz CT molecular complexity index is 1220. The van der Waals surface area contributed by atoms with E-state index in [9.17, 15) is 13.2 Å². The molecule has 0 unspecified atom stereocenters. The number of hydrogen-bond donors (Lipinski definition) is 1. The molecule has 0 radical (unpaired) electrons. The molecule has 33 heavy (non-hydrogen) atoms. The minimum absolute atomic E-state index is 0.0538. The SMILES string of the molecule is CCn1c(CN(c2ccccc2)S(C)(=O)=O)nnc1SCC(=O)Nc1c(C)cc(C)cc1C. The highest BCUT2D eigenvalue weighted by Gasteiger charge is 2.22. The predicted octanol–water partition coefficient (Wildman–Crippen LogP) is 3.92. The first-order chi connectivity index (χ1) is 15.6. The average Bonchev–Trinajstić information content (AvgIpc) is 3.14. The topological polar surface area (TPSA) is 97.2 Å². The summed E-state index contributed by atoms with van der Waals surface area (Å²) in [6.07, 6.45) is 1.17. The van der Waals surface area contributed by atoms with E-state index in [1.165, 1.54) is 22.3 Å². The van der Waals surface area contributed by atoms with Crippen molar-refractivity contribution >= 4 is 39.1 Å². The fraction of sp³-hybridized carbons (Fsp3) is 0.348. The van der Waals surface area contributed by atoms with Crippen LogP contribution in [0.15, 0.2) is 47.6 Å². The highest BCUT2D eigenvalue weighted by Crippen LogP contribution is 2.24. The molecule has 0 saturated heterocycles. The molecule has 1 amide bonds. The highest BCUT2D eigenvalue weighted by molar-refractivity contribution is 7.99. The largest absolute Gasteiger partial charge is 0.325 e. The Balaban J connectivity index is 1.74. The lowest BCUT2D eigenvalue weighted by atomic mass is 10.1. The molecule has 0 fully saturated rings. The van der Waals surface area contributed by atoms with Crippen LogP contribution in [0.2, 0.25) is 0 Å². The Kier molecular flexibility index (Phi) is 7.80. The molecular weight excluding hydrogens is 458 g/mol. The third-order valence-electron chi connectivity index (χ3n) is 5.11. The van der Waals surface area contributed by atoms with Crippen LogP contribution in [0.5, 0.6) is 0 Å². The molecule has 0 aliphatic heterocycles. The quantitative estimate of drug-likeness (QED) is 0.460. The second-order valence-corrected chi connectivity index (χ2v) is 10.7. The molecule has 3 aromatic rings. The van der Waals surface area contributed by atoms with Crippen molar-refractivity contribution in [1.29, 1.82) is 0 Å². The van der Waals surface area contributed by atoms with Gasteiger partial charge in [0.15, 0.2) is 11.0 Å². The number of benzene rings is 2. The minimum atomic E-state index is -3.52. The first-order valence-corrected chi connectivity index (χ1v) is 13.4. The zero-order chi connectivity index (χ0) is 24.2. The van der Waals surface area contributed by atoms with E-state index in [4.69, 9.17) is 0 Å². The lowest BCUT2D eigenvalue weighted by Gasteiger charge is -2.22. The van der Waals surface area contributed by atoms with Crippen LogP contribution in [-0.4, -0.2) is 41.1 Å². The van der Waals surface area contributed by atoms with Crippen LogP contribution in [0.3, 0.4) is 0 Å². The van der Waals surface area contributed by atoms with Crippen LogP contribution in [-0.2, 0) is 27.9 Å². The third-order valence-corrected chi connectivity index (χ3v) is 7.22. The zero-order valence-corrected chi connectivity index (χ0v) is 21.1. The third kappa shape index (κ3) is 6.14.